The summed E-state index contributed by atoms with van der Waals surface area (Å²) in [6.07, 6.45) is -3.05. The highest BCUT2D eigenvalue weighted by Crippen LogP contribution is 2.30. The molecule has 3 rings (SSSR count). The third kappa shape index (κ3) is 3.12. The maximum atomic E-state index is 12.7. The molecule has 0 unspecified atom stereocenters. The van der Waals surface area contributed by atoms with Gasteiger partial charge in [0, 0.05) is 19.7 Å². The zero-order chi connectivity index (χ0) is 16.8. The van der Waals surface area contributed by atoms with Crippen LogP contribution in [0.3, 0.4) is 0 Å². The third-order valence-electron chi connectivity index (χ3n) is 3.71. The standard InChI is InChI=1S/C13H13BrF3N5O/c1-21-9(5-10(19-21)13(15,16)17)12(23)18-7-3-2-4-22-8(7)6-11(14)20-22/h5-7H,2-4H2,1H3,(H,18,23)/t7-/m0/s1. The van der Waals surface area contributed by atoms with Gasteiger partial charge in [0.2, 0.25) is 0 Å². The van der Waals surface area contributed by atoms with Crippen LogP contribution in [0.25, 0.3) is 0 Å². The zero-order valence-electron chi connectivity index (χ0n) is 12.1. The molecule has 1 aliphatic rings. The van der Waals surface area contributed by atoms with Crippen LogP contribution in [-0.2, 0) is 19.8 Å². The van der Waals surface area contributed by atoms with Gasteiger partial charge < -0.3 is 5.32 Å². The minimum Gasteiger partial charge on any atom is -0.342 e. The van der Waals surface area contributed by atoms with Gasteiger partial charge in [-0.2, -0.15) is 23.4 Å². The van der Waals surface area contributed by atoms with Crippen molar-refractivity contribution in [1.29, 1.82) is 0 Å². The quantitative estimate of drug-likeness (QED) is 0.855. The number of aryl methyl sites for hydroxylation is 2. The van der Waals surface area contributed by atoms with Crippen LogP contribution in [0.2, 0.25) is 0 Å². The van der Waals surface area contributed by atoms with E-state index in [4.69, 9.17) is 0 Å². The molecule has 10 heteroatoms. The fraction of sp³-hybridized carbons (Fsp3) is 0.462. The van der Waals surface area contributed by atoms with E-state index in [-0.39, 0.29) is 11.7 Å². The summed E-state index contributed by atoms with van der Waals surface area (Å²) >= 11 is 3.28. The van der Waals surface area contributed by atoms with Crippen LogP contribution in [0.4, 0.5) is 13.2 Å². The number of rotatable bonds is 2. The Morgan fingerprint density at radius 3 is 2.78 bits per heavy atom. The average molecular weight is 392 g/mol. The van der Waals surface area contributed by atoms with Crippen LogP contribution in [0, 0.1) is 0 Å². The molecule has 3 heterocycles. The first kappa shape index (κ1) is 16.0. The SMILES string of the molecule is Cn1nc(C(F)(F)F)cc1C(=O)N[C@H]1CCCn2nc(Br)cc21. The molecular weight excluding hydrogens is 379 g/mol. The van der Waals surface area contributed by atoms with Gasteiger partial charge in [0.05, 0.1) is 11.7 Å². The Morgan fingerprint density at radius 2 is 2.13 bits per heavy atom. The zero-order valence-corrected chi connectivity index (χ0v) is 13.6. The summed E-state index contributed by atoms with van der Waals surface area (Å²) in [4.78, 5) is 12.3. The Bertz CT molecular complexity index is 751. The van der Waals surface area contributed by atoms with Gasteiger partial charge >= 0.3 is 6.18 Å². The van der Waals surface area contributed by atoms with Crippen molar-refractivity contribution in [3.63, 3.8) is 0 Å². The molecule has 124 valence electrons. The summed E-state index contributed by atoms with van der Waals surface area (Å²) in [6.45, 7) is 0.747. The van der Waals surface area contributed by atoms with Crippen molar-refractivity contribution in [3.05, 3.63) is 33.8 Å². The van der Waals surface area contributed by atoms with Crippen molar-refractivity contribution in [3.8, 4) is 0 Å². The molecule has 1 aliphatic heterocycles. The Morgan fingerprint density at radius 1 is 1.39 bits per heavy atom. The lowest BCUT2D eigenvalue weighted by Gasteiger charge is -2.24. The minimum absolute atomic E-state index is 0.131. The molecule has 0 radical (unpaired) electrons. The number of nitrogens with one attached hydrogen (secondary N) is 1. The minimum atomic E-state index is -4.58. The van der Waals surface area contributed by atoms with E-state index >= 15 is 0 Å². The second-order valence-corrected chi connectivity index (χ2v) is 6.13. The second kappa shape index (κ2) is 5.66. The first-order valence-electron chi connectivity index (χ1n) is 6.91. The molecular formula is C13H13BrF3N5O. The fourth-order valence-electron chi connectivity index (χ4n) is 2.65. The number of amides is 1. The van der Waals surface area contributed by atoms with Crippen LogP contribution in [0.1, 0.15) is 40.8 Å². The average Bonchev–Trinajstić information content (AvgIpc) is 3.01. The number of fused-ring (bicyclic) bond motifs is 1. The molecule has 2 aromatic heterocycles. The summed E-state index contributed by atoms with van der Waals surface area (Å²) in [6, 6.07) is 2.26. The molecule has 0 bridgehead atoms. The van der Waals surface area contributed by atoms with Gasteiger partial charge in [0.15, 0.2) is 5.69 Å². The van der Waals surface area contributed by atoms with Crippen LogP contribution < -0.4 is 5.32 Å². The summed E-state index contributed by atoms with van der Waals surface area (Å²) in [5.41, 5.74) is -0.385. The van der Waals surface area contributed by atoms with E-state index in [1.807, 2.05) is 0 Å². The van der Waals surface area contributed by atoms with Crippen molar-refractivity contribution in [2.45, 2.75) is 31.6 Å². The highest BCUT2D eigenvalue weighted by molar-refractivity contribution is 9.10. The summed E-state index contributed by atoms with van der Waals surface area (Å²) in [5.74, 6) is -0.591. The smallest absolute Gasteiger partial charge is 0.342 e. The second-order valence-electron chi connectivity index (χ2n) is 5.32. The Hall–Kier alpha value is -1.84. The molecule has 0 fully saturated rings. The molecule has 2 aromatic rings. The number of hydrogen-bond acceptors (Lipinski definition) is 3. The van der Waals surface area contributed by atoms with E-state index in [1.165, 1.54) is 7.05 Å². The predicted octanol–water partition coefficient (Wildman–Crippen LogP) is 2.66. The van der Waals surface area contributed by atoms with Gasteiger partial charge in [-0.05, 0) is 34.8 Å². The summed E-state index contributed by atoms with van der Waals surface area (Å²) < 4.78 is 41.4. The number of alkyl halides is 3. The lowest BCUT2D eigenvalue weighted by molar-refractivity contribution is -0.141. The molecule has 0 aromatic carbocycles. The van der Waals surface area contributed by atoms with Gasteiger partial charge in [-0.15, -0.1) is 0 Å². The van der Waals surface area contributed by atoms with Gasteiger partial charge in [-0.3, -0.25) is 14.2 Å². The highest BCUT2D eigenvalue weighted by atomic mass is 79.9. The van der Waals surface area contributed by atoms with Crippen LogP contribution in [0.5, 0.6) is 0 Å². The monoisotopic (exact) mass is 391 g/mol. The summed E-state index contributed by atoms with van der Waals surface area (Å²) in [5, 5.41) is 10.4. The van der Waals surface area contributed by atoms with Crippen molar-refractivity contribution < 1.29 is 18.0 Å². The lowest BCUT2D eigenvalue weighted by atomic mass is 10.0. The molecule has 1 atom stereocenters. The third-order valence-corrected chi connectivity index (χ3v) is 4.10. The van der Waals surface area contributed by atoms with Gasteiger partial charge in [-0.25, -0.2) is 0 Å². The first-order valence-corrected chi connectivity index (χ1v) is 7.70. The number of carbonyl (C=O) groups is 1. The van der Waals surface area contributed by atoms with E-state index in [0.29, 0.717) is 11.0 Å². The largest absolute Gasteiger partial charge is 0.435 e. The Kier molecular flexibility index (Phi) is 3.95. The van der Waals surface area contributed by atoms with Crippen molar-refractivity contribution in [2.24, 2.45) is 7.05 Å². The van der Waals surface area contributed by atoms with Crippen LogP contribution in [-0.4, -0.2) is 25.5 Å². The molecule has 1 N–H and O–H groups in total. The van der Waals surface area contributed by atoms with Gasteiger partial charge in [0.1, 0.15) is 10.3 Å². The highest BCUT2D eigenvalue weighted by Gasteiger charge is 2.36. The van der Waals surface area contributed by atoms with E-state index in [9.17, 15) is 18.0 Å². The van der Waals surface area contributed by atoms with E-state index in [2.05, 4.69) is 31.4 Å². The molecule has 0 saturated carbocycles. The molecule has 0 spiro atoms. The fourth-order valence-corrected chi connectivity index (χ4v) is 3.07. The van der Waals surface area contributed by atoms with E-state index in [1.54, 1.807) is 10.7 Å². The van der Waals surface area contributed by atoms with Crippen molar-refractivity contribution in [2.75, 3.05) is 0 Å². The van der Waals surface area contributed by atoms with Gasteiger partial charge in [-0.1, -0.05) is 0 Å². The Balaban J connectivity index is 1.82. The normalized spacial score (nSPS) is 17.9. The predicted molar refractivity (Wildman–Crippen MR) is 77.6 cm³/mol. The molecule has 23 heavy (non-hydrogen) atoms. The van der Waals surface area contributed by atoms with Gasteiger partial charge in [0.25, 0.3) is 5.91 Å². The van der Waals surface area contributed by atoms with E-state index < -0.39 is 17.8 Å². The van der Waals surface area contributed by atoms with E-state index in [0.717, 1.165) is 29.4 Å². The van der Waals surface area contributed by atoms with Crippen molar-refractivity contribution in [1.82, 2.24) is 24.9 Å². The molecule has 6 nitrogen and oxygen atoms in total. The lowest BCUT2D eigenvalue weighted by Crippen LogP contribution is -2.33. The summed E-state index contributed by atoms with van der Waals surface area (Å²) in [7, 11) is 1.31. The molecule has 0 aliphatic carbocycles. The molecule has 0 saturated heterocycles. The topological polar surface area (TPSA) is 64.7 Å². The first-order chi connectivity index (χ1) is 10.8. The van der Waals surface area contributed by atoms with Crippen LogP contribution >= 0.6 is 15.9 Å². The number of halogens is 4. The Labute approximate surface area is 137 Å². The van der Waals surface area contributed by atoms with Crippen molar-refractivity contribution >= 4 is 21.8 Å². The number of hydrogen-bond donors (Lipinski definition) is 1. The van der Waals surface area contributed by atoms with Crippen LogP contribution in [0.15, 0.2) is 16.7 Å². The number of carbonyl (C=O) groups excluding carboxylic acids is 1. The number of nitrogens with zero attached hydrogens (tertiary/aromatic N) is 4. The maximum Gasteiger partial charge on any atom is 0.435 e. The number of aromatic nitrogens is 4. The maximum absolute atomic E-state index is 12.7. The molecule has 1 amide bonds.